The molecule has 17 heavy (non-hydrogen) atoms. The van der Waals surface area contributed by atoms with Crippen LogP contribution in [0.4, 0.5) is 0 Å². The number of hydrogen-bond acceptors (Lipinski definition) is 3. The van der Waals surface area contributed by atoms with E-state index in [0.717, 1.165) is 11.3 Å². The van der Waals surface area contributed by atoms with Crippen LogP contribution in [0, 0.1) is 12.3 Å². The maximum Gasteiger partial charge on any atom is 0.244 e. The molecule has 1 heterocycles. The van der Waals surface area contributed by atoms with Crippen LogP contribution < -0.4 is 14.8 Å². The Balaban J connectivity index is 2.02. The number of rotatable bonds is 3. The summed E-state index contributed by atoms with van der Waals surface area (Å²) in [7, 11) is 0. The molecular weight excluding hydrogens is 218 g/mol. The molecule has 0 unspecified atom stereocenters. The van der Waals surface area contributed by atoms with Gasteiger partial charge < -0.3 is 14.8 Å². The Morgan fingerprint density at radius 2 is 2.29 bits per heavy atom. The van der Waals surface area contributed by atoms with Crippen LogP contribution >= 0.6 is 0 Å². The van der Waals surface area contributed by atoms with Gasteiger partial charge in [-0.3, -0.25) is 4.79 Å². The minimum absolute atomic E-state index is 0.222. The fourth-order valence-electron chi connectivity index (χ4n) is 1.39. The molecule has 0 atom stereocenters. The SMILES string of the molecule is C#CCNC(=O)/C=C/c1ccc2c(c1)OCO2. The van der Waals surface area contributed by atoms with Crippen LogP contribution in [0.15, 0.2) is 24.3 Å². The Morgan fingerprint density at radius 3 is 3.12 bits per heavy atom. The Bertz CT molecular complexity index is 500. The summed E-state index contributed by atoms with van der Waals surface area (Å²) in [4.78, 5) is 11.3. The van der Waals surface area contributed by atoms with E-state index in [9.17, 15) is 4.79 Å². The summed E-state index contributed by atoms with van der Waals surface area (Å²) in [6.45, 7) is 0.468. The topological polar surface area (TPSA) is 47.6 Å². The summed E-state index contributed by atoms with van der Waals surface area (Å²) in [5.41, 5.74) is 0.866. The molecule has 0 aliphatic carbocycles. The third-order valence-electron chi connectivity index (χ3n) is 2.19. The predicted octanol–water partition coefficient (Wildman–Crippen LogP) is 1.18. The van der Waals surface area contributed by atoms with Crippen molar-refractivity contribution in [2.45, 2.75) is 0 Å². The number of ether oxygens (including phenoxy) is 2. The standard InChI is InChI=1S/C13H11NO3/c1-2-7-14-13(15)6-4-10-3-5-11-12(8-10)17-9-16-11/h1,3-6,8H,7,9H2,(H,14,15)/b6-4+. The van der Waals surface area contributed by atoms with Crippen molar-refractivity contribution in [2.75, 3.05) is 13.3 Å². The van der Waals surface area contributed by atoms with Crippen LogP contribution in [0.3, 0.4) is 0 Å². The number of terminal acetylenes is 1. The Morgan fingerprint density at radius 1 is 1.47 bits per heavy atom. The van der Waals surface area contributed by atoms with Crippen LogP contribution in [-0.4, -0.2) is 19.2 Å². The number of amides is 1. The van der Waals surface area contributed by atoms with E-state index >= 15 is 0 Å². The highest BCUT2D eigenvalue weighted by Gasteiger charge is 2.12. The Kier molecular flexibility index (Phi) is 3.31. The molecule has 1 aromatic carbocycles. The fourth-order valence-corrected chi connectivity index (χ4v) is 1.39. The highest BCUT2D eigenvalue weighted by atomic mass is 16.7. The fraction of sp³-hybridized carbons (Fsp3) is 0.154. The van der Waals surface area contributed by atoms with E-state index in [1.54, 1.807) is 12.1 Å². The van der Waals surface area contributed by atoms with Crippen molar-refractivity contribution in [3.8, 4) is 23.8 Å². The normalized spacial score (nSPS) is 12.4. The van der Waals surface area contributed by atoms with Crippen molar-refractivity contribution in [1.82, 2.24) is 5.32 Å². The lowest BCUT2D eigenvalue weighted by Crippen LogP contribution is -2.20. The van der Waals surface area contributed by atoms with Crippen LogP contribution in [0.5, 0.6) is 11.5 Å². The van der Waals surface area contributed by atoms with E-state index < -0.39 is 0 Å². The molecule has 0 saturated carbocycles. The quantitative estimate of drug-likeness (QED) is 0.625. The minimum atomic E-state index is -0.222. The van der Waals surface area contributed by atoms with Crippen LogP contribution in [0.2, 0.25) is 0 Å². The molecule has 1 aliphatic heterocycles. The average molecular weight is 229 g/mol. The summed E-state index contributed by atoms with van der Waals surface area (Å²) < 4.78 is 10.4. The second-order valence-electron chi connectivity index (χ2n) is 3.37. The summed E-state index contributed by atoms with van der Waals surface area (Å²) in [5, 5.41) is 2.54. The zero-order valence-corrected chi connectivity index (χ0v) is 9.10. The van der Waals surface area contributed by atoms with Gasteiger partial charge in [0.05, 0.1) is 6.54 Å². The maximum atomic E-state index is 11.3. The zero-order chi connectivity index (χ0) is 12.1. The largest absolute Gasteiger partial charge is 0.454 e. The lowest BCUT2D eigenvalue weighted by Gasteiger charge is -1.98. The Labute approximate surface area is 99.2 Å². The minimum Gasteiger partial charge on any atom is -0.454 e. The molecule has 1 aliphatic rings. The lowest BCUT2D eigenvalue weighted by atomic mass is 10.2. The van der Waals surface area contributed by atoms with E-state index in [0.29, 0.717) is 5.75 Å². The second kappa shape index (κ2) is 5.08. The summed E-state index contributed by atoms with van der Waals surface area (Å²) in [6, 6.07) is 5.47. The van der Waals surface area contributed by atoms with E-state index in [-0.39, 0.29) is 19.2 Å². The van der Waals surface area contributed by atoms with Crippen molar-refractivity contribution in [1.29, 1.82) is 0 Å². The van der Waals surface area contributed by atoms with Crippen molar-refractivity contribution in [2.24, 2.45) is 0 Å². The van der Waals surface area contributed by atoms with Crippen LogP contribution in [0.25, 0.3) is 6.08 Å². The summed E-state index contributed by atoms with van der Waals surface area (Å²) in [6.07, 6.45) is 8.14. The number of hydrogen-bond donors (Lipinski definition) is 1. The van der Waals surface area contributed by atoms with Crippen molar-refractivity contribution >= 4 is 12.0 Å². The van der Waals surface area contributed by atoms with Gasteiger partial charge in [-0.2, -0.15) is 0 Å². The molecule has 0 bridgehead atoms. The molecule has 86 valence electrons. The molecule has 1 N–H and O–H groups in total. The van der Waals surface area contributed by atoms with Gasteiger partial charge >= 0.3 is 0 Å². The maximum absolute atomic E-state index is 11.3. The number of carbonyl (C=O) groups excluding carboxylic acids is 1. The summed E-state index contributed by atoms with van der Waals surface area (Å²) in [5.74, 6) is 3.52. The van der Waals surface area contributed by atoms with Gasteiger partial charge in [-0.1, -0.05) is 12.0 Å². The third-order valence-corrected chi connectivity index (χ3v) is 2.19. The first-order chi connectivity index (χ1) is 8.29. The molecule has 4 heteroatoms. The van der Waals surface area contributed by atoms with Crippen LogP contribution in [-0.2, 0) is 4.79 Å². The zero-order valence-electron chi connectivity index (χ0n) is 9.10. The monoisotopic (exact) mass is 229 g/mol. The van der Waals surface area contributed by atoms with Gasteiger partial charge in [0.25, 0.3) is 0 Å². The smallest absolute Gasteiger partial charge is 0.244 e. The first kappa shape index (κ1) is 11.1. The predicted molar refractivity (Wildman–Crippen MR) is 63.4 cm³/mol. The number of fused-ring (bicyclic) bond motifs is 1. The number of carbonyl (C=O) groups is 1. The van der Waals surface area contributed by atoms with Crippen molar-refractivity contribution in [3.05, 3.63) is 29.8 Å². The molecule has 1 aromatic rings. The first-order valence-electron chi connectivity index (χ1n) is 5.08. The van der Waals surface area contributed by atoms with E-state index in [1.165, 1.54) is 6.08 Å². The van der Waals surface area contributed by atoms with Gasteiger partial charge in [-0.15, -0.1) is 6.42 Å². The van der Waals surface area contributed by atoms with Gasteiger partial charge in [-0.05, 0) is 23.8 Å². The van der Waals surface area contributed by atoms with Crippen molar-refractivity contribution in [3.63, 3.8) is 0 Å². The van der Waals surface area contributed by atoms with Gasteiger partial charge in [0, 0.05) is 6.08 Å². The molecule has 0 spiro atoms. The molecule has 1 amide bonds. The van der Waals surface area contributed by atoms with Crippen LogP contribution in [0.1, 0.15) is 5.56 Å². The van der Waals surface area contributed by atoms with E-state index in [1.807, 2.05) is 12.1 Å². The number of benzene rings is 1. The first-order valence-corrected chi connectivity index (χ1v) is 5.08. The molecule has 2 rings (SSSR count). The Hall–Kier alpha value is -2.41. The molecule has 0 saturated heterocycles. The van der Waals surface area contributed by atoms with E-state index in [4.69, 9.17) is 15.9 Å². The second-order valence-corrected chi connectivity index (χ2v) is 3.37. The highest BCUT2D eigenvalue weighted by Crippen LogP contribution is 2.32. The molecule has 4 nitrogen and oxygen atoms in total. The van der Waals surface area contributed by atoms with E-state index in [2.05, 4.69) is 11.2 Å². The third kappa shape index (κ3) is 2.79. The molecule has 0 fully saturated rings. The number of nitrogens with one attached hydrogen (secondary N) is 1. The summed E-state index contributed by atoms with van der Waals surface area (Å²) >= 11 is 0. The van der Waals surface area contributed by atoms with Gasteiger partial charge in [0.1, 0.15) is 0 Å². The molecule has 0 radical (unpaired) electrons. The molecular formula is C13H11NO3. The average Bonchev–Trinajstić information content (AvgIpc) is 2.81. The van der Waals surface area contributed by atoms with Gasteiger partial charge in [-0.25, -0.2) is 0 Å². The molecule has 0 aromatic heterocycles. The van der Waals surface area contributed by atoms with Gasteiger partial charge in [0.2, 0.25) is 12.7 Å². The van der Waals surface area contributed by atoms with Crippen molar-refractivity contribution < 1.29 is 14.3 Å². The highest BCUT2D eigenvalue weighted by molar-refractivity contribution is 5.91. The van der Waals surface area contributed by atoms with Gasteiger partial charge in [0.15, 0.2) is 11.5 Å². The lowest BCUT2D eigenvalue weighted by molar-refractivity contribution is -0.116.